The maximum absolute atomic E-state index is 8.96. The van der Waals surface area contributed by atoms with Gasteiger partial charge in [-0.2, -0.15) is 11.8 Å². The number of halogens is 1. The highest BCUT2D eigenvalue weighted by molar-refractivity contribution is 7.98. The van der Waals surface area contributed by atoms with Gasteiger partial charge < -0.3 is 9.52 Å². The van der Waals surface area contributed by atoms with E-state index in [2.05, 4.69) is 0 Å². The number of rotatable bonds is 4. The lowest BCUT2D eigenvalue weighted by molar-refractivity contribution is 0.220. The summed E-state index contributed by atoms with van der Waals surface area (Å²) in [5, 5.41) is 9.38. The van der Waals surface area contributed by atoms with E-state index in [1.54, 1.807) is 24.8 Å². The first-order chi connectivity index (χ1) is 5.68. The number of thioether (sulfide) groups is 1. The van der Waals surface area contributed by atoms with Gasteiger partial charge in [0.05, 0.1) is 11.9 Å². The van der Waals surface area contributed by atoms with Crippen LogP contribution >= 0.6 is 23.4 Å². The number of furan rings is 1. The molecule has 1 unspecified atom stereocenters. The maximum Gasteiger partial charge on any atom is 0.193 e. The van der Waals surface area contributed by atoms with Crippen LogP contribution in [-0.4, -0.2) is 17.0 Å². The molecule has 0 aliphatic rings. The van der Waals surface area contributed by atoms with E-state index in [1.165, 1.54) is 0 Å². The fraction of sp³-hybridized carbons (Fsp3) is 0.500. The average molecular weight is 207 g/mol. The molecular weight excluding hydrogens is 196 g/mol. The Bertz CT molecular complexity index is 235. The molecule has 0 amide bonds. The van der Waals surface area contributed by atoms with Crippen molar-refractivity contribution in [1.29, 1.82) is 0 Å². The Labute approximate surface area is 80.9 Å². The van der Waals surface area contributed by atoms with Gasteiger partial charge in [0, 0.05) is 5.75 Å². The highest BCUT2D eigenvalue weighted by Gasteiger charge is 2.01. The van der Waals surface area contributed by atoms with Crippen molar-refractivity contribution in [2.45, 2.75) is 18.8 Å². The molecule has 4 heteroatoms. The highest BCUT2D eigenvalue weighted by Crippen LogP contribution is 2.18. The van der Waals surface area contributed by atoms with Crippen LogP contribution in [0.5, 0.6) is 0 Å². The average Bonchev–Trinajstić information content (AvgIpc) is 2.35. The highest BCUT2D eigenvalue weighted by atomic mass is 35.5. The standard InChI is InChI=1S/C8H11ClO2S/c1-6(10)4-12-5-7-2-3-8(9)11-7/h2-3,6,10H,4-5H2,1H3. The first-order valence-corrected chi connectivity index (χ1v) is 5.22. The summed E-state index contributed by atoms with van der Waals surface area (Å²) in [5.74, 6) is 2.33. The molecule has 0 aliphatic carbocycles. The minimum Gasteiger partial charge on any atom is -0.449 e. The molecule has 1 aromatic rings. The molecule has 0 radical (unpaired) electrons. The van der Waals surface area contributed by atoms with Gasteiger partial charge in [0.2, 0.25) is 0 Å². The molecule has 12 heavy (non-hydrogen) atoms. The van der Waals surface area contributed by atoms with Gasteiger partial charge >= 0.3 is 0 Å². The van der Waals surface area contributed by atoms with Crippen molar-refractivity contribution in [2.75, 3.05) is 5.75 Å². The first kappa shape index (κ1) is 9.96. The molecule has 0 aromatic carbocycles. The van der Waals surface area contributed by atoms with Crippen molar-refractivity contribution in [3.63, 3.8) is 0 Å². The second kappa shape index (κ2) is 4.80. The van der Waals surface area contributed by atoms with Crippen LogP contribution in [0.1, 0.15) is 12.7 Å². The molecule has 0 saturated heterocycles. The molecule has 1 heterocycles. The predicted molar refractivity (Wildman–Crippen MR) is 51.6 cm³/mol. The topological polar surface area (TPSA) is 33.4 Å². The van der Waals surface area contributed by atoms with Gasteiger partial charge in [-0.1, -0.05) is 0 Å². The Morgan fingerprint density at radius 2 is 2.42 bits per heavy atom. The zero-order valence-electron chi connectivity index (χ0n) is 6.79. The third-order valence-corrected chi connectivity index (χ3v) is 2.64. The third kappa shape index (κ3) is 3.52. The molecule has 0 fully saturated rings. The molecule has 68 valence electrons. The van der Waals surface area contributed by atoms with E-state index >= 15 is 0 Å². The van der Waals surface area contributed by atoms with Crippen LogP contribution in [0, 0.1) is 0 Å². The summed E-state index contributed by atoms with van der Waals surface area (Å²) in [4.78, 5) is 0. The van der Waals surface area contributed by atoms with Crippen LogP contribution < -0.4 is 0 Å². The van der Waals surface area contributed by atoms with E-state index < -0.39 is 0 Å². The monoisotopic (exact) mass is 206 g/mol. The number of hydrogen-bond acceptors (Lipinski definition) is 3. The van der Waals surface area contributed by atoms with E-state index in [4.69, 9.17) is 21.1 Å². The van der Waals surface area contributed by atoms with Gasteiger partial charge in [0.15, 0.2) is 5.22 Å². The lowest BCUT2D eigenvalue weighted by Crippen LogP contribution is -2.02. The molecule has 0 spiro atoms. The SMILES string of the molecule is CC(O)CSCc1ccc(Cl)o1. The fourth-order valence-corrected chi connectivity index (χ4v) is 1.74. The van der Waals surface area contributed by atoms with Crippen molar-refractivity contribution < 1.29 is 9.52 Å². The predicted octanol–water partition coefficient (Wildman–Crippen LogP) is 2.55. The minimum atomic E-state index is -0.263. The van der Waals surface area contributed by atoms with Gasteiger partial charge in [-0.05, 0) is 30.7 Å². The van der Waals surface area contributed by atoms with Gasteiger partial charge in [0.25, 0.3) is 0 Å². The van der Waals surface area contributed by atoms with Crippen LogP contribution in [0.15, 0.2) is 16.5 Å². The molecule has 0 bridgehead atoms. The van der Waals surface area contributed by atoms with Crippen molar-refractivity contribution in [2.24, 2.45) is 0 Å². The van der Waals surface area contributed by atoms with Crippen molar-refractivity contribution in [1.82, 2.24) is 0 Å². The van der Waals surface area contributed by atoms with E-state index in [0.29, 0.717) is 5.22 Å². The van der Waals surface area contributed by atoms with Crippen LogP contribution in [0.25, 0.3) is 0 Å². The first-order valence-electron chi connectivity index (χ1n) is 3.68. The summed E-state index contributed by atoms with van der Waals surface area (Å²) in [6, 6.07) is 3.57. The Morgan fingerprint density at radius 3 is 2.92 bits per heavy atom. The zero-order chi connectivity index (χ0) is 8.97. The molecule has 1 rings (SSSR count). The Balaban J connectivity index is 2.24. The number of aliphatic hydroxyl groups is 1. The Morgan fingerprint density at radius 1 is 1.67 bits per heavy atom. The number of aliphatic hydroxyl groups excluding tert-OH is 1. The smallest absolute Gasteiger partial charge is 0.193 e. The molecule has 1 atom stereocenters. The second-order valence-corrected chi connectivity index (χ2v) is 3.97. The van der Waals surface area contributed by atoms with Gasteiger partial charge in [-0.3, -0.25) is 0 Å². The molecule has 0 saturated carbocycles. The van der Waals surface area contributed by atoms with Gasteiger partial charge in [-0.25, -0.2) is 0 Å². The van der Waals surface area contributed by atoms with E-state index in [9.17, 15) is 0 Å². The van der Waals surface area contributed by atoms with E-state index in [1.807, 2.05) is 6.07 Å². The van der Waals surface area contributed by atoms with Crippen LogP contribution in [0.2, 0.25) is 5.22 Å². The van der Waals surface area contributed by atoms with E-state index in [0.717, 1.165) is 17.3 Å². The van der Waals surface area contributed by atoms with Crippen LogP contribution in [-0.2, 0) is 5.75 Å². The molecule has 2 nitrogen and oxygen atoms in total. The van der Waals surface area contributed by atoms with Crippen molar-refractivity contribution in [3.8, 4) is 0 Å². The summed E-state index contributed by atoms with van der Waals surface area (Å²) in [6.07, 6.45) is -0.263. The van der Waals surface area contributed by atoms with E-state index in [-0.39, 0.29) is 6.10 Å². The zero-order valence-corrected chi connectivity index (χ0v) is 8.36. The fourth-order valence-electron chi connectivity index (χ4n) is 0.759. The lowest BCUT2D eigenvalue weighted by atomic mass is 10.5. The summed E-state index contributed by atoms with van der Waals surface area (Å²) < 4.78 is 5.13. The molecule has 1 N–H and O–H groups in total. The summed E-state index contributed by atoms with van der Waals surface area (Å²) in [6.45, 7) is 1.77. The molecule has 0 aliphatic heterocycles. The maximum atomic E-state index is 8.96. The Hall–Kier alpha value is -0.120. The normalized spacial score (nSPS) is 13.2. The third-order valence-electron chi connectivity index (χ3n) is 1.23. The second-order valence-electron chi connectivity index (χ2n) is 2.57. The Kier molecular flexibility index (Phi) is 3.98. The van der Waals surface area contributed by atoms with Gasteiger partial charge in [-0.15, -0.1) is 0 Å². The molecular formula is C8H11ClO2S. The van der Waals surface area contributed by atoms with Crippen molar-refractivity contribution >= 4 is 23.4 Å². The van der Waals surface area contributed by atoms with Crippen molar-refractivity contribution in [3.05, 3.63) is 23.1 Å². The largest absolute Gasteiger partial charge is 0.449 e. The summed E-state index contributed by atoms with van der Waals surface area (Å²) in [5.41, 5.74) is 0. The van der Waals surface area contributed by atoms with Gasteiger partial charge in [0.1, 0.15) is 5.76 Å². The molecule has 1 aromatic heterocycles. The lowest BCUT2D eigenvalue weighted by Gasteiger charge is -2.00. The number of hydrogen-bond donors (Lipinski definition) is 1. The minimum absolute atomic E-state index is 0.263. The van der Waals surface area contributed by atoms with Crippen LogP contribution in [0.4, 0.5) is 0 Å². The van der Waals surface area contributed by atoms with Crippen LogP contribution in [0.3, 0.4) is 0 Å². The summed E-state index contributed by atoms with van der Waals surface area (Å²) in [7, 11) is 0. The summed E-state index contributed by atoms with van der Waals surface area (Å²) >= 11 is 7.20. The quantitative estimate of drug-likeness (QED) is 0.822.